The predicted molar refractivity (Wildman–Crippen MR) is 42.0 cm³/mol. The fourth-order valence-electron chi connectivity index (χ4n) is 1.25. The van der Waals surface area contributed by atoms with Crippen molar-refractivity contribution in [1.29, 1.82) is 0 Å². The second-order valence-electron chi connectivity index (χ2n) is 3.01. The fraction of sp³-hybridized carbons (Fsp3) is 0.500. The van der Waals surface area contributed by atoms with Crippen LogP contribution in [0.25, 0.3) is 0 Å². The number of carbonyl (C=O) groups is 1. The van der Waals surface area contributed by atoms with Gasteiger partial charge in [0.05, 0.1) is 7.11 Å². The Morgan fingerprint density at radius 1 is 1.69 bits per heavy atom. The van der Waals surface area contributed by atoms with E-state index < -0.39 is 5.97 Å². The molecule has 70 valence electrons. The lowest BCUT2D eigenvalue weighted by Crippen LogP contribution is -2.01. The van der Waals surface area contributed by atoms with Crippen LogP contribution in [0.3, 0.4) is 0 Å². The van der Waals surface area contributed by atoms with Crippen LogP contribution in [0.1, 0.15) is 34.9 Å². The summed E-state index contributed by atoms with van der Waals surface area (Å²) in [6.07, 6.45) is 1.94. The fourth-order valence-corrected chi connectivity index (χ4v) is 1.25. The van der Waals surface area contributed by atoms with Crippen LogP contribution in [-0.2, 0) is 0 Å². The Bertz CT molecular complexity index is 340. The van der Waals surface area contributed by atoms with Crippen LogP contribution >= 0.6 is 0 Å². The Balaban J connectivity index is 2.44. The van der Waals surface area contributed by atoms with E-state index in [1.165, 1.54) is 7.11 Å². The number of nitrogens with zero attached hydrogens (tertiary/aromatic N) is 1. The van der Waals surface area contributed by atoms with Crippen molar-refractivity contribution in [2.75, 3.05) is 7.11 Å². The van der Waals surface area contributed by atoms with Crippen LogP contribution in [-0.4, -0.2) is 23.3 Å². The number of aromatic carboxylic acids is 1. The smallest absolute Gasteiger partial charge is 0.344 e. The number of methoxy groups -OCH3 is 1. The number of aromatic nitrogens is 1. The van der Waals surface area contributed by atoms with Gasteiger partial charge in [-0.05, 0) is 18.0 Å². The molecule has 1 fully saturated rings. The summed E-state index contributed by atoms with van der Waals surface area (Å²) in [7, 11) is 1.38. The highest BCUT2D eigenvalue weighted by molar-refractivity contribution is 5.91. The zero-order chi connectivity index (χ0) is 9.42. The van der Waals surface area contributed by atoms with E-state index in [-0.39, 0.29) is 17.4 Å². The van der Waals surface area contributed by atoms with Crippen LogP contribution in [0.4, 0.5) is 0 Å². The largest absolute Gasteiger partial charge is 0.478 e. The molecule has 0 aromatic carbocycles. The van der Waals surface area contributed by atoms with Crippen molar-refractivity contribution in [3.8, 4) is 5.88 Å². The van der Waals surface area contributed by atoms with Gasteiger partial charge in [0.1, 0.15) is 0 Å². The van der Waals surface area contributed by atoms with E-state index in [1.54, 1.807) is 0 Å². The summed E-state index contributed by atoms with van der Waals surface area (Å²) < 4.78 is 9.70. The van der Waals surface area contributed by atoms with Crippen LogP contribution < -0.4 is 4.74 Å². The second-order valence-corrected chi connectivity index (χ2v) is 3.01. The van der Waals surface area contributed by atoms with Gasteiger partial charge in [-0.3, -0.25) is 0 Å². The molecule has 0 amide bonds. The highest BCUT2D eigenvalue weighted by atomic mass is 16.5. The van der Waals surface area contributed by atoms with Gasteiger partial charge in [-0.25, -0.2) is 4.79 Å². The summed E-state index contributed by atoms with van der Waals surface area (Å²) in [5, 5.41) is 12.4. The molecule has 5 heteroatoms. The predicted octanol–water partition coefficient (Wildman–Crippen LogP) is 1.26. The Hall–Kier alpha value is -1.52. The van der Waals surface area contributed by atoms with Crippen molar-refractivity contribution < 1.29 is 19.2 Å². The van der Waals surface area contributed by atoms with Crippen molar-refractivity contribution >= 4 is 5.97 Å². The topological polar surface area (TPSA) is 72.6 Å². The third kappa shape index (κ3) is 1.26. The van der Waals surface area contributed by atoms with Crippen LogP contribution in [0.15, 0.2) is 4.52 Å². The molecule has 1 aliphatic carbocycles. The van der Waals surface area contributed by atoms with Gasteiger partial charge in [0, 0.05) is 5.92 Å². The molecule has 1 saturated carbocycles. The molecule has 1 aliphatic rings. The molecular weight excluding hydrogens is 174 g/mol. The molecule has 13 heavy (non-hydrogen) atoms. The van der Waals surface area contributed by atoms with E-state index in [0.29, 0.717) is 5.76 Å². The lowest BCUT2D eigenvalue weighted by Gasteiger charge is -1.94. The Labute approximate surface area is 74.3 Å². The molecule has 2 rings (SSSR count). The molecule has 1 aromatic heterocycles. The molecule has 1 heterocycles. The van der Waals surface area contributed by atoms with Gasteiger partial charge in [-0.1, -0.05) is 0 Å². The molecule has 0 saturated heterocycles. The summed E-state index contributed by atoms with van der Waals surface area (Å²) >= 11 is 0. The molecule has 0 unspecified atom stereocenters. The van der Waals surface area contributed by atoms with Crippen molar-refractivity contribution in [3.63, 3.8) is 0 Å². The molecule has 0 radical (unpaired) electrons. The maximum atomic E-state index is 10.8. The summed E-state index contributed by atoms with van der Waals surface area (Å²) in [6, 6.07) is 0. The SMILES string of the molecule is COc1noc(C2CC2)c1C(=O)O. The number of rotatable bonds is 3. The summed E-state index contributed by atoms with van der Waals surface area (Å²) in [4.78, 5) is 10.8. The van der Waals surface area contributed by atoms with Crippen molar-refractivity contribution in [3.05, 3.63) is 11.3 Å². The van der Waals surface area contributed by atoms with E-state index in [4.69, 9.17) is 14.4 Å². The molecule has 0 spiro atoms. The number of hydrogen-bond donors (Lipinski definition) is 1. The molecule has 0 bridgehead atoms. The Morgan fingerprint density at radius 2 is 2.38 bits per heavy atom. The maximum absolute atomic E-state index is 10.8. The molecule has 5 nitrogen and oxygen atoms in total. The van der Waals surface area contributed by atoms with Gasteiger partial charge >= 0.3 is 5.97 Å². The van der Waals surface area contributed by atoms with Gasteiger partial charge in [0.25, 0.3) is 5.88 Å². The van der Waals surface area contributed by atoms with Crippen LogP contribution in [0.2, 0.25) is 0 Å². The Morgan fingerprint density at radius 3 is 2.85 bits per heavy atom. The van der Waals surface area contributed by atoms with E-state index in [9.17, 15) is 4.79 Å². The lowest BCUT2D eigenvalue weighted by molar-refractivity contribution is 0.0691. The summed E-state index contributed by atoms with van der Waals surface area (Å²) in [5.41, 5.74) is 0.0741. The van der Waals surface area contributed by atoms with Crippen LogP contribution in [0, 0.1) is 0 Å². The first-order valence-corrected chi connectivity index (χ1v) is 4.01. The molecule has 1 N–H and O–H groups in total. The molecule has 0 aliphatic heterocycles. The first-order chi connectivity index (χ1) is 6.24. The van der Waals surface area contributed by atoms with Gasteiger partial charge in [0.2, 0.25) is 0 Å². The van der Waals surface area contributed by atoms with Gasteiger partial charge in [-0.15, -0.1) is 0 Å². The zero-order valence-electron chi connectivity index (χ0n) is 7.11. The third-order valence-electron chi connectivity index (χ3n) is 2.04. The van der Waals surface area contributed by atoms with Gasteiger partial charge in [0.15, 0.2) is 11.3 Å². The normalized spacial score (nSPS) is 15.8. The van der Waals surface area contributed by atoms with E-state index in [2.05, 4.69) is 5.16 Å². The van der Waals surface area contributed by atoms with Gasteiger partial charge < -0.3 is 14.4 Å². The monoisotopic (exact) mass is 183 g/mol. The van der Waals surface area contributed by atoms with Crippen molar-refractivity contribution in [2.45, 2.75) is 18.8 Å². The quantitative estimate of drug-likeness (QED) is 0.763. The molecule has 0 atom stereocenters. The average molecular weight is 183 g/mol. The number of carboxylic acid groups (broad SMARTS) is 1. The second kappa shape index (κ2) is 2.76. The van der Waals surface area contributed by atoms with Crippen LogP contribution in [0.5, 0.6) is 5.88 Å². The zero-order valence-corrected chi connectivity index (χ0v) is 7.11. The number of ether oxygens (including phenoxy) is 1. The van der Waals surface area contributed by atoms with E-state index in [1.807, 2.05) is 0 Å². The lowest BCUT2D eigenvalue weighted by atomic mass is 10.2. The summed E-state index contributed by atoms with van der Waals surface area (Å²) in [6.45, 7) is 0. The first kappa shape index (κ1) is 8.10. The highest BCUT2D eigenvalue weighted by Crippen LogP contribution is 2.43. The molecule has 1 aromatic rings. The first-order valence-electron chi connectivity index (χ1n) is 4.01. The van der Waals surface area contributed by atoms with Crippen molar-refractivity contribution in [2.24, 2.45) is 0 Å². The molecular formula is C8H9NO4. The van der Waals surface area contributed by atoms with Gasteiger partial charge in [-0.2, -0.15) is 0 Å². The maximum Gasteiger partial charge on any atom is 0.344 e. The highest BCUT2D eigenvalue weighted by Gasteiger charge is 2.35. The average Bonchev–Trinajstić information content (AvgIpc) is 2.84. The number of carboxylic acids is 1. The minimum atomic E-state index is -1.04. The van der Waals surface area contributed by atoms with E-state index in [0.717, 1.165) is 12.8 Å². The minimum Gasteiger partial charge on any atom is -0.478 e. The summed E-state index contributed by atoms with van der Waals surface area (Å²) in [5.74, 6) is -0.304. The third-order valence-corrected chi connectivity index (χ3v) is 2.04. The Kier molecular flexibility index (Phi) is 1.72. The standard InChI is InChI=1S/C8H9NO4/c1-12-7-5(8(10)11)6(13-9-7)4-2-3-4/h4H,2-3H2,1H3,(H,10,11). The number of hydrogen-bond acceptors (Lipinski definition) is 4. The van der Waals surface area contributed by atoms with E-state index >= 15 is 0 Å². The van der Waals surface area contributed by atoms with Crippen molar-refractivity contribution in [1.82, 2.24) is 5.16 Å². The minimum absolute atomic E-state index is 0.0643.